The Balaban J connectivity index is 0.00000192. The number of halogens is 1. The normalized spacial score (nSPS) is 10.5. The highest BCUT2D eigenvalue weighted by molar-refractivity contribution is 7.98. The number of thioether (sulfide) groups is 1. The van der Waals surface area contributed by atoms with Crippen LogP contribution in [0, 0.1) is 6.92 Å². The molecular formula is C15H18ClN5OS. The standard InChI is InChI=1S/C15H17N5OS.ClH/c1-11-17-13(9-21-11)10-22-15-19-18-14(7-16)20(15)8-12-5-3-2-4-6-12;/h2-6,9H,7-8,10,16H2,1H3;1H. The van der Waals surface area contributed by atoms with E-state index in [1.165, 1.54) is 5.56 Å². The summed E-state index contributed by atoms with van der Waals surface area (Å²) in [5.41, 5.74) is 7.85. The Labute approximate surface area is 144 Å². The quantitative estimate of drug-likeness (QED) is 0.687. The van der Waals surface area contributed by atoms with E-state index in [1.54, 1.807) is 18.0 Å². The zero-order valence-corrected chi connectivity index (χ0v) is 14.3. The number of aryl methyl sites for hydroxylation is 1. The molecular weight excluding hydrogens is 334 g/mol. The van der Waals surface area contributed by atoms with E-state index in [1.807, 2.05) is 29.7 Å². The average Bonchev–Trinajstić information content (AvgIpc) is 3.12. The number of aromatic nitrogens is 4. The molecule has 2 N–H and O–H groups in total. The first-order valence-corrected chi connectivity index (χ1v) is 7.94. The van der Waals surface area contributed by atoms with Crippen LogP contribution in [0.2, 0.25) is 0 Å². The van der Waals surface area contributed by atoms with E-state index in [4.69, 9.17) is 10.2 Å². The molecule has 23 heavy (non-hydrogen) atoms. The zero-order valence-electron chi connectivity index (χ0n) is 12.7. The SMILES string of the molecule is Cc1nc(CSc2nnc(CN)n2Cc2ccccc2)co1.Cl. The Morgan fingerprint density at radius 2 is 2.00 bits per heavy atom. The number of rotatable bonds is 6. The summed E-state index contributed by atoms with van der Waals surface area (Å²) in [6.07, 6.45) is 1.67. The van der Waals surface area contributed by atoms with Gasteiger partial charge in [0.1, 0.15) is 12.1 Å². The van der Waals surface area contributed by atoms with E-state index in [2.05, 4.69) is 27.3 Å². The lowest BCUT2D eigenvalue weighted by Gasteiger charge is -2.08. The van der Waals surface area contributed by atoms with Crippen molar-refractivity contribution in [1.82, 2.24) is 19.7 Å². The molecule has 0 aliphatic carbocycles. The lowest BCUT2D eigenvalue weighted by molar-refractivity contribution is 0.521. The predicted octanol–water partition coefficient (Wildman–Crippen LogP) is 2.80. The van der Waals surface area contributed by atoms with Gasteiger partial charge in [-0.15, -0.1) is 22.6 Å². The van der Waals surface area contributed by atoms with Crippen molar-refractivity contribution in [2.45, 2.75) is 30.9 Å². The minimum absolute atomic E-state index is 0. The van der Waals surface area contributed by atoms with Crippen LogP contribution in [-0.2, 0) is 18.8 Å². The molecule has 0 aliphatic heterocycles. The molecule has 0 saturated carbocycles. The van der Waals surface area contributed by atoms with Gasteiger partial charge in [0.25, 0.3) is 0 Å². The van der Waals surface area contributed by atoms with Crippen molar-refractivity contribution in [3.05, 3.63) is 59.6 Å². The Bertz CT molecular complexity index is 743. The summed E-state index contributed by atoms with van der Waals surface area (Å²) in [6.45, 7) is 2.91. The van der Waals surface area contributed by atoms with Gasteiger partial charge in [-0.05, 0) is 5.56 Å². The second-order valence-corrected chi connectivity index (χ2v) is 5.76. The molecule has 0 spiro atoms. The Morgan fingerprint density at radius 1 is 1.22 bits per heavy atom. The summed E-state index contributed by atoms with van der Waals surface area (Å²) in [5, 5.41) is 9.25. The highest BCUT2D eigenvalue weighted by Crippen LogP contribution is 2.22. The third-order valence-corrected chi connectivity index (χ3v) is 4.18. The summed E-state index contributed by atoms with van der Waals surface area (Å²) in [5.74, 6) is 2.14. The fourth-order valence-electron chi connectivity index (χ4n) is 2.11. The maximum Gasteiger partial charge on any atom is 0.191 e. The van der Waals surface area contributed by atoms with E-state index < -0.39 is 0 Å². The van der Waals surface area contributed by atoms with Crippen LogP contribution in [0.3, 0.4) is 0 Å². The minimum Gasteiger partial charge on any atom is -0.449 e. The Kier molecular flexibility index (Phi) is 6.20. The van der Waals surface area contributed by atoms with E-state index in [0.717, 1.165) is 16.7 Å². The summed E-state index contributed by atoms with van der Waals surface area (Å²) >= 11 is 1.58. The third-order valence-electron chi connectivity index (χ3n) is 3.18. The van der Waals surface area contributed by atoms with Crippen molar-refractivity contribution < 1.29 is 4.42 Å². The molecule has 3 rings (SSSR count). The minimum atomic E-state index is 0. The second kappa shape index (κ2) is 8.14. The van der Waals surface area contributed by atoms with Gasteiger partial charge in [-0.1, -0.05) is 42.1 Å². The van der Waals surface area contributed by atoms with Gasteiger partial charge in [0.2, 0.25) is 0 Å². The van der Waals surface area contributed by atoms with Crippen LogP contribution in [0.5, 0.6) is 0 Å². The summed E-state index contributed by atoms with van der Waals surface area (Å²) < 4.78 is 7.27. The van der Waals surface area contributed by atoms with Crippen LogP contribution >= 0.6 is 24.2 Å². The zero-order chi connectivity index (χ0) is 15.4. The number of nitrogens with two attached hydrogens (primary N) is 1. The van der Waals surface area contributed by atoms with Crippen molar-refractivity contribution in [3.63, 3.8) is 0 Å². The second-order valence-electron chi connectivity index (χ2n) is 4.82. The van der Waals surface area contributed by atoms with Crippen LogP contribution < -0.4 is 5.73 Å². The molecule has 0 fully saturated rings. The fraction of sp³-hybridized carbons (Fsp3) is 0.267. The van der Waals surface area contributed by atoms with Gasteiger partial charge in [-0.3, -0.25) is 0 Å². The number of oxazole rings is 1. The molecule has 8 heteroatoms. The van der Waals surface area contributed by atoms with Crippen LogP contribution in [0.25, 0.3) is 0 Å². The average molecular weight is 352 g/mol. The molecule has 1 aromatic carbocycles. The van der Waals surface area contributed by atoms with Crippen LogP contribution in [0.15, 0.2) is 46.2 Å². The van der Waals surface area contributed by atoms with Gasteiger partial charge < -0.3 is 14.7 Å². The highest BCUT2D eigenvalue weighted by atomic mass is 35.5. The first-order valence-electron chi connectivity index (χ1n) is 6.96. The summed E-state index contributed by atoms with van der Waals surface area (Å²) in [4.78, 5) is 4.30. The Hall–Kier alpha value is -1.83. The summed E-state index contributed by atoms with van der Waals surface area (Å²) in [6, 6.07) is 10.2. The smallest absolute Gasteiger partial charge is 0.191 e. The van der Waals surface area contributed by atoms with Crippen molar-refractivity contribution in [1.29, 1.82) is 0 Å². The first kappa shape index (κ1) is 17.5. The van der Waals surface area contributed by atoms with Gasteiger partial charge in [0.15, 0.2) is 11.0 Å². The highest BCUT2D eigenvalue weighted by Gasteiger charge is 2.13. The van der Waals surface area contributed by atoms with Crippen molar-refractivity contribution in [2.24, 2.45) is 5.73 Å². The molecule has 2 aromatic heterocycles. The molecule has 3 aromatic rings. The number of nitrogens with zero attached hydrogens (tertiary/aromatic N) is 4. The number of hydrogen-bond donors (Lipinski definition) is 1. The van der Waals surface area contributed by atoms with Crippen molar-refractivity contribution in [3.8, 4) is 0 Å². The number of hydrogen-bond acceptors (Lipinski definition) is 6. The molecule has 0 saturated heterocycles. The molecule has 0 radical (unpaired) electrons. The molecule has 0 amide bonds. The molecule has 6 nitrogen and oxygen atoms in total. The van der Waals surface area contributed by atoms with Gasteiger partial charge >= 0.3 is 0 Å². The maximum atomic E-state index is 5.77. The van der Waals surface area contributed by atoms with Crippen molar-refractivity contribution >= 4 is 24.2 Å². The lowest BCUT2D eigenvalue weighted by Crippen LogP contribution is -2.10. The first-order chi connectivity index (χ1) is 10.8. The molecule has 2 heterocycles. The van der Waals surface area contributed by atoms with Gasteiger partial charge in [-0.2, -0.15) is 0 Å². The van der Waals surface area contributed by atoms with Gasteiger partial charge in [-0.25, -0.2) is 4.98 Å². The van der Waals surface area contributed by atoms with Crippen LogP contribution in [0.4, 0.5) is 0 Å². The molecule has 0 atom stereocenters. The lowest BCUT2D eigenvalue weighted by atomic mass is 10.2. The van der Waals surface area contributed by atoms with Crippen LogP contribution in [-0.4, -0.2) is 19.7 Å². The van der Waals surface area contributed by atoms with Gasteiger partial charge in [0.05, 0.1) is 18.8 Å². The largest absolute Gasteiger partial charge is 0.449 e. The number of benzene rings is 1. The van der Waals surface area contributed by atoms with E-state index in [9.17, 15) is 0 Å². The van der Waals surface area contributed by atoms with Crippen molar-refractivity contribution in [2.75, 3.05) is 0 Å². The maximum absolute atomic E-state index is 5.77. The topological polar surface area (TPSA) is 82.8 Å². The van der Waals surface area contributed by atoms with Crippen LogP contribution in [0.1, 0.15) is 23.0 Å². The van der Waals surface area contributed by atoms with Gasteiger partial charge in [0, 0.05) is 12.7 Å². The van der Waals surface area contributed by atoms with E-state index >= 15 is 0 Å². The predicted molar refractivity (Wildman–Crippen MR) is 91.5 cm³/mol. The summed E-state index contributed by atoms with van der Waals surface area (Å²) in [7, 11) is 0. The molecule has 0 unspecified atom stereocenters. The fourth-order valence-corrected chi connectivity index (χ4v) is 2.95. The third kappa shape index (κ3) is 4.34. The molecule has 122 valence electrons. The van der Waals surface area contributed by atoms with E-state index in [0.29, 0.717) is 24.7 Å². The Morgan fingerprint density at radius 3 is 2.65 bits per heavy atom. The molecule has 0 bridgehead atoms. The monoisotopic (exact) mass is 351 g/mol. The molecule has 0 aliphatic rings. The van der Waals surface area contributed by atoms with E-state index in [-0.39, 0.29) is 12.4 Å².